The van der Waals surface area contributed by atoms with Crippen LogP contribution in [0.15, 0.2) is 0 Å². The van der Waals surface area contributed by atoms with Gasteiger partial charge in [-0.3, -0.25) is 4.79 Å². The highest BCUT2D eigenvalue weighted by Crippen LogP contribution is 2.29. The first-order valence-electron chi connectivity index (χ1n) is 6.78. The summed E-state index contributed by atoms with van der Waals surface area (Å²) in [5.41, 5.74) is 5.36. The monoisotopic (exact) mass is 240 g/mol. The number of rotatable bonds is 2. The Labute approximate surface area is 103 Å². The van der Waals surface area contributed by atoms with Gasteiger partial charge in [-0.1, -0.05) is 19.8 Å². The van der Waals surface area contributed by atoms with Gasteiger partial charge in [0.2, 0.25) is 5.91 Å². The summed E-state index contributed by atoms with van der Waals surface area (Å²) in [6.07, 6.45) is 5.49. The lowest BCUT2D eigenvalue weighted by Crippen LogP contribution is -2.62. The Morgan fingerprint density at radius 3 is 2.88 bits per heavy atom. The maximum absolute atomic E-state index is 12.5. The SMILES string of the molecule is CCC(C)(N)C(=O)N1CCOC2CCCCC21. The van der Waals surface area contributed by atoms with Gasteiger partial charge >= 0.3 is 0 Å². The molecule has 1 aliphatic carbocycles. The molecule has 0 radical (unpaired) electrons. The van der Waals surface area contributed by atoms with Crippen LogP contribution in [0.5, 0.6) is 0 Å². The number of ether oxygens (including phenoxy) is 1. The predicted octanol–water partition coefficient (Wildman–Crippen LogP) is 1.28. The molecule has 0 aromatic heterocycles. The van der Waals surface area contributed by atoms with Crippen molar-refractivity contribution in [1.82, 2.24) is 4.90 Å². The number of fused-ring (bicyclic) bond motifs is 1. The Balaban J connectivity index is 2.11. The van der Waals surface area contributed by atoms with Gasteiger partial charge in [-0.15, -0.1) is 0 Å². The number of carbonyl (C=O) groups excluding carboxylic acids is 1. The lowest BCUT2D eigenvalue weighted by molar-refractivity contribution is -0.154. The van der Waals surface area contributed by atoms with Crippen LogP contribution in [-0.2, 0) is 9.53 Å². The van der Waals surface area contributed by atoms with E-state index in [9.17, 15) is 4.79 Å². The van der Waals surface area contributed by atoms with Gasteiger partial charge in [-0.2, -0.15) is 0 Å². The normalized spacial score (nSPS) is 32.8. The fourth-order valence-corrected chi connectivity index (χ4v) is 2.83. The van der Waals surface area contributed by atoms with Crippen molar-refractivity contribution in [2.24, 2.45) is 5.73 Å². The van der Waals surface area contributed by atoms with Crippen LogP contribution in [0, 0.1) is 0 Å². The van der Waals surface area contributed by atoms with E-state index in [1.807, 2.05) is 18.7 Å². The van der Waals surface area contributed by atoms with E-state index in [4.69, 9.17) is 10.5 Å². The van der Waals surface area contributed by atoms with Crippen LogP contribution in [-0.4, -0.2) is 41.6 Å². The molecule has 2 aliphatic rings. The lowest BCUT2D eigenvalue weighted by Gasteiger charge is -2.46. The fourth-order valence-electron chi connectivity index (χ4n) is 2.83. The first kappa shape index (κ1) is 12.8. The van der Waals surface area contributed by atoms with Crippen molar-refractivity contribution < 1.29 is 9.53 Å². The van der Waals surface area contributed by atoms with Crippen LogP contribution in [0.3, 0.4) is 0 Å². The fraction of sp³-hybridized carbons (Fsp3) is 0.923. The first-order chi connectivity index (χ1) is 8.06. The summed E-state index contributed by atoms with van der Waals surface area (Å²) in [6, 6.07) is 0.263. The molecule has 4 nitrogen and oxygen atoms in total. The molecule has 98 valence electrons. The number of amides is 1. The second-order valence-corrected chi connectivity index (χ2v) is 5.53. The van der Waals surface area contributed by atoms with Gasteiger partial charge in [0.15, 0.2) is 0 Å². The summed E-state index contributed by atoms with van der Waals surface area (Å²) in [7, 11) is 0. The van der Waals surface area contributed by atoms with Gasteiger partial charge in [-0.25, -0.2) is 0 Å². The van der Waals surface area contributed by atoms with Crippen molar-refractivity contribution in [3.05, 3.63) is 0 Å². The van der Waals surface area contributed by atoms with Crippen LogP contribution in [0.25, 0.3) is 0 Å². The van der Waals surface area contributed by atoms with Crippen molar-refractivity contribution in [2.45, 2.75) is 63.6 Å². The maximum atomic E-state index is 12.5. The second-order valence-electron chi connectivity index (χ2n) is 5.53. The number of nitrogens with two attached hydrogens (primary N) is 1. The van der Waals surface area contributed by atoms with Crippen molar-refractivity contribution in [3.8, 4) is 0 Å². The van der Waals surface area contributed by atoms with Crippen molar-refractivity contribution in [1.29, 1.82) is 0 Å². The molecule has 17 heavy (non-hydrogen) atoms. The molecule has 2 rings (SSSR count). The summed E-state index contributed by atoms with van der Waals surface area (Å²) < 4.78 is 5.77. The average molecular weight is 240 g/mol. The van der Waals surface area contributed by atoms with Crippen molar-refractivity contribution in [3.63, 3.8) is 0 Å². The molecule has 0 bridgehead atoms. The summed E-state index contributed by atoms with van der Waals surface area (Å²) in [6.45, 7) is 5.17. The molecule has 1 aliphatic heterocycles. The minimum atomic E-state index is -0.723. The van der Waals surface area contributed by atoms with Gasteiger partial charge < -0.3 is 15.4 Å². The number of carbonyl (C=O) groups is 1. The Hall–Kier alpha value is -0.610. The van der Waals surface area contributed by atoms with E-state index in [1.54, 1.807) is 0 Å². The van der Waals surface area contributed by atoms with E-state index >= 15 is 0 Å². The van der Waals surface area contributed by atoms with E-state index < -0.39 is 5.54 Å². The summed E-state index contributed by atoms with van der Waals surface area (Å²) in [4.78, 5) is 14.4. The van der Waals surface area contributed by atoms with Gasteiger partial charge in [0, 0.05) is 6.54 Å². The zero-order valence-corrected chi connectivity index (χ0v) is 10.9. The number of morpholine rings is 1. The highest BCUT2D eigenvalue weighted by molar-refractivity contribution is 5.86. The quantitative estimate of drug-likeness (QED) is 0.791. The van der Waals surface area contributed by atoms with Crippen molar-refractivity contribution in [2.75, 3.05) is 13.2 Å². The molecule has 1 amide bonds. The van der Waals surface area contributed by atoms with Gasteiger partial charge in [0.1, 0.15) is 0 Å². The Morgan fingerprint density at radius 2 is 2.18 bits per heavy atom. The third kappa shape index (κ3) is 2.47. The number of nitrogens with zero attached hydrogens (tertiary/aromatic N) is 1. The van der Waals surface area contributed by atoms with E-state index in [0.29, 0.717) is 19.6 Å². The highest BCUT2D eigenvalue weighted by Gasteiger charge is 2.41. The van der Waals surface area contributed by atoms with Gasteiger partial charge in [0.05, 0.1) is 24.3 Å². The molecule has 4 heteroatoms. The summed E-state index contributed by atoms with van der Waals surface area (Å²) >= 11 is 0. The van der Waals surface area contributed by atoms with E-state index in [0.717, 1.165) is 12.8 Å². The third-order valence-corrected chi connectivity index (χ3v) is 4.22. The topological polar surface area (TPSA) is 55.6 Å². The van der Waals surface area contributed by atoms with Crippen LogP contribution < -0.4 is 5.73 Å². The highest BCUT2D eigenvalue weighted by atomic mass is 16.5. The lowest BCUT2D eigenvalue weighted by atomic mass is 9.88. The molecule has 2 N–H and O–H groups in total. The van der Waals surface area contributed by atoms with Gasteiger partial charge in [0.25, 0.3) is 0 Å². The summed E-state index contributed by atoms with van der Waals surface area (Å²) in [5, 5.41) is 0. The molecule has 3 unspecified atom stereocenters. The standard InChI is InChI=1S/C13H24N2O2/c1-3-13(2,14)12(16)15-8-9-17-11-7-5-4-6-10(11)15/h10-11H,3-9,14H2,1-2H3. The molecule has 3 atom stereocenters. The second kappa shape index (κ2) is 4.94. The first-order valence-corrected chi connectivity index (χ1v) is 6.78. The van der Waals surface area contributed by atoms with Crippen LogP contribution in [0.2, 0.25) is 0 Å². The van der Waals surface area contributed by atoms with Crippen molar-refractivity contribution >= 4 is 5.91 Å². The minimum absolute atomic E-state index is 0.0974. The average Bonchev–Trinajstić information content (AvgIpc) is 2.37. The Bertz CT molecular complexity index is 289. The van der Waals surface area contributed by atoms with Crippen LogP contribution in [0.1, 0.15) is 46.0 Å². The number of hydrogen-bond acceptors (Lipinski definition) is 3. The van der Waals surface area contributed by atoms with E-state index in [1.165, 1.54) is 12.8 Å². The predicted molar refractivity (Wildman–Crippen MR) is 66.6 cm³/mol. The zero-order valence-electron chi connectivity index (χ0n) is 10.9. The van der Waals surface area contributed by atoms with E-state index in [2.05, 4.69) is 0 Å². The minimum Gasteiger partial charge on any atom is -0.374 e. The largest absolute Gasteiger partial charge is 0.374 e. The smallest absolute Gasteiger partial charge is 0.242 e. The maximum Gasteiger partial charge on any atom is 0.242 e. The molecule has 2 fully saturated rings. The Kier molecular flexibility index (Phi) is 3.73. The van der Waals surface area contributed by atoms with E-state index in [-0.39, 0.29) is 18.1 Å². The molecule has 0 spiro atoms. The zero-order chi connectivity index (χ0) is 12.5. The number of hydrogen-bond donors (Lipinski definition) is 1. The van der Waals surface area contributed by atoms with Crippen LogP contribution >= 0.6 is 0 Å². The molecular formula is C13H24N2O2. The summed E-state index contributed by atoms with van der Waals surface area (Å²) in [5.74, 6) is 0.0974. The third-order valence-electron chi connectivity index (χ3n) is 4.22. The molecule has 1 heterocycles. The molecule has 0 aromatic carbocycles. The molecule has 1 saturated carbocycles. The molecule has 0 aromatic rings. The van der Waals surface area contributed by atoms with Crippen LogP contribution in [0.4, 0.5) is 0 Å². The molecular weight excluding hydrogens is 216 g/mol. The molecule has 1 saturated heterocycles. The van der Waals surface area contributed by atoms with Gasteiger partial charge in [-0.05, 0) is 26.2 Å². The Morgan fingerprint density at radius 1 is 1.47 bits per heavy atom.